The van der Waals surface area contributed by atoms with E-state index in [2.05, 4.69) is 80.6 Å². The van der Waals surface area contributed by atoms with Crippen LogP contribution in [-0.4, -0.2) is 6.88 Å². The summed E-state index contributed by atoms with van der Waals surface area (Å²) >= 11 is 1.58. The summed E-state index contributed by atoms with van der Waals surface area (Å²) in [5, 5.41) is 0. The van der Waals surface area contributed by atoms with E-state index in [1.807, 2.05) is 73.6 Å². The molecule has 0 radical (unpaired) electrons. The maximum atomic E-state index is 3.30. The van der Waals surface area contributed by atoms with E-state index in [4.69, 9.17) is 0 Å². The van der Waals surface area contributed by atoms with Gasteiger partial charge in [0.25, 0.3) is 0 Å². The summed E-state index contributed by atoms with van der Waals surface area (Å²) in [7, 11) is 0. The number of halogens is 2. The molecule has 36 heavy (non-hydrogen) atoms. The Hall–Kier alpha value is -1.96. The molecule has 0 bridgehead atoms. The number of allylic oxidation sites excluding steroid dienone is 4. The molecule has 0 saturated heterocycles. The molecule has 0 heterocycles. The molecule has 6 rings (SSSR count). The molecule has 0 aromatic heterocycles. The molecule has 4 aromatic rings. The standard InChI is InChI=1S/C13H9.C7H9.2C6H5.2ClH.H2Si.Zr/c1-3-7-12-10(5-1)9-11-6-2-4-8-13(11)12;1-6-4-3-5-7(6)2;2*1-2-4-6-5-3-1;;;;/h1-5,7-8H,9H2;4H,3H2,1-2H3;2*1-5H;2*1H;1H2;/q4*-1;;;;. The van der Waals surface area contributed by atoms with E-state index < -0.39 is 0 Å². The molecule has 0 fully saturated rings. The average molecular weight is 607 g/mol. The minimum absolute atomic E-state index is 0. The van der Waals surface area contributed by atoms with Gasteiger partial charge in [-0.25, -0.2) is 11.1 Å². The summed E-state index contributed by atoms with van der Waals surface area (Å²) in [5.41, 5.74) is 8.22. The summed E-state index contributed by atoms with van der Waals surface area (Å²) in [6.07, 6.45) is 7.46. The predicted octanol–water partition coefficient (Wildman–Crippen LogP) is 8.04. The third-order valence-corrected chi connectivity index (χ3v) is 5.20. The van der Waals surface area contributed by atoms with Gasteiger partial charge in [0.05, 0.1) is 0 Å². The number of hydrogen-bond donors (Lipinski definition) is 0. The molecule has 0 unspecified atom stereocenters. The molecule has 0 spiro atoms. The third-order valence-electron chi connectivity index (χ3n) is 5.20. The van der Waals surface area contributed by atoms with Gasteiger partial charge in [-0.1, -0.05) is 42.3 Å². The fourth-order valence-electron chi connectivity index (χ4n) is 3.33. The van der Waals surface area contributed by atoms with Crippen LogP contribution in [0.15, 0.2) is 120 Å². The van der Waals surface area contributed by atoms with E-state index in [1.54, 1.807) is 23.3 Å². The van der Waals surface area contributed by atoms with E-state index in [9.17, 15) is 0 Å². The normalized spacial score (nSPS) is 10.9. The number of fused-ring (bicyclic) bond motifs is 3. The van der Waals surface area contributed by atoms with Crippen LogP contribution in [0.1, 0.15) is 31.4 Å². The first-order valence-corrected chi connectivity index (χ1v) is 17.2. The van der Waals surface area contributed by atoms with Gasteiger partial charge in [0.1, 0.15) is 0 Å². The quantitative estimate of drug-likeness (QED) is 0.124. The number of rotatable bonds is 0. The Morgan fingerprint density at radius 1 is 0.667 bits per heavy atom. The van der Waals surface area contributed by atoms with Gasteiger partial charge in [-0.15, -0.1) is 43.7 Å². The van der Waals surface area contributed by atoms with Crippen molar-refractivity contribution in [2.75, 3.05) is 0 Å². The van der Waals surface area contributed by atoms with Gasteiger partial charge in [-0.05, 0) is 6.42 Å². The minimum Gasteiger partial charge on any atom is -0.184 e. The van der Waals surface area contributed by atoms with E-state index >= 15 is 0 Å². The van der Waals surface area contributed by atoms with Crippen molar-refractivity contribution in [2.24, 2.45) is 0 Å². The minimum atomic E-state index is 0. The van der Waals surface area contributed by atoms with Gasteiger partial charge in [-0.2, -0.15) is 109 Å². The van der Waals surface area contributed by atoms with Gasteiger partial charge in [0, 0.05) is 0 Å². The van der Waals surface area contributed by atoms with Crippen molar-refractivity contribution in [3.8, 4) is 11.1 Å². The second kappa shape index (κ2) is 21.2. The molecule has 0 aliphatic heterocycles. The van der Waals surface area contributed by atoms with Crippen LogP contribution in [0.4, 0.5) is 0 Å². The maximum absolute atomic E-state index is 3.30. The molecule has 0 nitrogen and oxygen atoms in total. The zero-order chi connectivity index (χ0) is 24.4. The molecule has 0 N–H and O–H groups in total. The Bertz CT molecular complexity index is 1010. The van der Waals surface area contributed by atoms with E-state index in [0.29, 0.717) is 0 Å². The van der Waals surface area contributed by atoms with Crippen molar-refractivity contribution >= 4 is 31.7 Å². The zero-order valence-corrected chi connectivity index (χ0v) is 26.3. The van der Waals surface area contributed by atoms with Crippen LogP contribution in [0.2, 0.25) is 0 Å². The van der Waals surface area contributed by atoms with Crippen LogP contribution in [0, 0.1) is 24.3 Å². The smallest absolute Gasteiger partial charge is 0.0253 e. The van der Waals surface area contributed by atoms with Crippen LogP contribution in [0.25, 0.3) is 11.1 Å². The van der Waals surface area contributed by atoms with Gasteiger partial charge < -0.3 is 0 Å². The molecule has 4 heteroatoms. The van der Waals surface area contributed by atoms with Crippen LogP contribution in [0.3, 0.4) is 0 Å². The topological polar surface area (TPSA) is 0 Å². The van der Waals surface area contributed by atoms with Crippen molar-refractivity contribution in [3.63, 3.8) is 0 Å². The molecule has 4 aromatic carbocycles. The van der Waals surface area contributed by atoms with Crippen LogP contribution in [0.5, 0.6) is 0 Å². The van der Waals surface area contributed by atoms with Crippen molar-refractivity contribution < 1.29 is 23.3 Å². The van der Waals surface area contributed by atoms with Crippen LogP contribution < -0.4 is 0 Å². The largest absolute Gasteiger partial charge is 0.184 e. The molecular formula is C32H32Cl2SiZr-4. The first-order chi connectivity index (χ1) is 16.8. The molecule has 0 atom stereocenters. The third kappa shape index (κ3) is 12.3. The molecule has 0 saturated carbocycles. The van der Waals surface area contributed by atoms with E-state index in [1.165, 1.54) is 33.4 Å². The van der Waals surface area contributed by atoms with Crippen LogP contribution >= 0.6 is 24.8 Å². The van der Waals surface area contributed by atoms with Crippen molar-refractivity contribution in [2.45, 2.75) is 26.7 Å². The Labute approximate surface area is 247 Å². The summed E-state index contributed by atoms with van der Waals surface area (Å²) in [5.74, 6) is 0. The number of hydrogen-bond acceptors (Lipinski definition) is 0. The van der Waals surface area contributed by atoms with E-state index in [-0.39, 0.29) is 24.8 Å². The SMILES string of the molecule is CC1=[C-]CC=C1C.Cl.Cl.[SiH2]=[Zr].[c-]1cccc2c1Cc1ccccc1-2.[c-]1ccccc1.[c-]1ccccc1. The monoisotopic (exact) mass is 604 g/mol. The number of benzene rings is 4. The van der Waals surface area contributed by atoms with E-state index in [0.717, 1.165) is 12.8 Å². The second-order valence-electron chi connectivity index (χ2n) is 7.44. The van der Waals surface area contributed by atoms with Crippen molar-refractivity contribution in [3.05, 3.63) is 156 Å². The Balaban J connectivity index is 0.000000463. The average Bonchev–Trinajstić information content (AvgIpc) is 3.50. The fraction of sp³-hybridized carbons (Fsp3) is 0.125. The summed E-state index contributed by atoms with van der Waals surface area (Å²) in [4.78, 5) is 0. The van der Waals surface area contributed by atoms with Gasteiger partial charge in [0.15, 0.2) is 0 Å². The van der Waals surface area contributed by atoms with Gasteiger partial charge in [-0.3, -0.25) is 6.08 Å². The molecule has 2 aliphatic carbocycles. The second-order valence-corrected chi connectivity index (χ2v) is 7.44. The molecule has 2 aliphatic rings. The van der Waals surface area contributed by atoms with Gasteiger partial charge in [0.2, 0.25) is 0 Å². The summed E-state index contributed by atoms with van der Waals surface area (Å²) < 4.78 is 0. The molecule has 186 valence electrons. The van der Waals surface area contributed by atoms with Crippen LogP contribution in [-0.2, 0) is 29.8 Å². The predicted molar refractivity (Wildman–Crippen MR) is 158 cm³/mol. The molecular weight excluding hydrogens is 575 g/mol. The maximum Gasteiger partial charge on any atom is -0.0253 e. The Kier molecular flexibility index (Phi) is 20.0. The van der Waals surface area contributed by atoms with Crippen molar-refractivity contribution in [1.82, 2.24) is 0 Å². The van der Waals surface area contributed by atoms with Gasteiger partial charge >= 0.3 is 30.2 Å². The molecule has 0 amide bonds. The van der Waals surface area contributed by atoms with Crippen molar-refractivity contribution in [1.29, 1.82) is 0 Å². The first kappa shape index (κ1) is 34.0. The summed E-state index contributed by atoms with van der Waals surface area (Å²) in [6, 6.07) is 43.1. The summed E-state index contributed by atoms with van der Waals surface area (Å²) in [6.45, 7) is 6.17. The Morgan fingerprint density at radius 3 is 1.64 bits per heavy atom. The first-order valence-electron chi connectivity index (χ1n) is 11.3. The Morgan fingerprint density at radius 2 is 1.22 bits per heavy atom. The zero-order valence-electron chi connectivity index (χ0n) is 20.8. The fourth-order valence-corrected chi connectivity index (χ4v) is 3.33.